The summed E-state index contributed by atoms with van der Waals surface area (Å²) in [5.74, 6) is 1.32. The van der Waals surface area contributed by atoms with Crippen LogP contribution < -0.4 is 15.8 Å². The number of anilines is 2. The first-order valence-electron chi connectivity index (χ1n) is 7.43. The van der Waals surface area contributed by atoms with Gasteiger partial charge in [0.15, 0.2) is 0 Å². The van der Waals surface area contributed by atoms with E-state index in [4.69, 9.17) is 10.5 Å². The third-order valence-corrected chi connectivity index (χ3v) is 4.59. The zero-order valence-electron chi connectivity index (χ0n) is 13.7. The van der Waals surface area contributed by atoms with Crippen LogP contribution in [0.15, 0.2) is 41.3 Å². The fourth-order valence-corrected chi connectivity index (χ4v) is 3.05. The Labute approximate surface area is 141 Å². The lowest BCUT2D eigenvalue weighted by Gasteiger charge is -2.09. The number of carbonyl (C=O) groups is 1. The van der Waals surface area contributed by atoms with Crippen molar-refractivity contribution in [3.8, 4) is 5.75 Å². The Morgan fingerprint density at radius 1 is 1.17 bits per heavy atom. The summed E-state index contributed by atoms with van der Waals surface area (Å²) in [5.41, 5.74) is 9.58. The van der Waals surface area contributed by atoms with Crippen LogP contribution >= 0.6 is 11.8 Å². The number of thioether (sulfide) groups is 1. The Morgan fingerprint density at radius 2 is 1.96 bits per heavy atom. The largest absolute Gasteiger partial charge is 0.495 e. The Morgan fingerprint density at radius 3 is 2.61 bits per heavy atom. The van der Waals surface area contributed by atoms with Crippen molar-refractivity contribution in [3.05, 3.63) is 47.5 Å². The van der Waals surface area contributed by atoms with Crippen molar-refractivity contribution < 1.29 is 9.53 Å². The zero-order valence-corrected chi connectivity index (χ0v) is 14.5. The number of methoxy groups -OCH3 is 1. The van der Waals surface area contributed by atoms with Gasteiger partial charge < -0.3 is 15.8 Å². The maximum atomic E-state index is 12.0. The number of aryl methyl sites for hydroxylation is 2. The SMILES string of the molecule is COc1ccc(NC(=O)CCSc2ccc(C)c(C)c2)cc1N. The van der Waals surface area contributed by atoms with Crippen LogP contribution in [0.5, 0.6) is 5.75 Å². The molecule has 2 rings (SSSR count). The van der Waals surface area contributed by atoms with E-state index in [2.05, 4.69) is 37.4 Å². The summed E-state index contributed by atoms with van der Waals surface area (Å²) in [7, 11) is 1.56. The van der Waals surface area contributed by atoms with Crippen molar-refractivity contribution in [1.29, 1.82) is 0 Å². The standard InChI is InChI=1S/C18H22N2O2S/c1-12-4-6-15(10-13(12)2)23-9-8-18(21)20-14-5-7-17(22-3)16(19)11-14/h4-7,10-11H,8-9,19H2,1-3H3,(H,20,21). The number of ether oxygens (including phenoxy) is 1. The summed E-state index contributed by atoms with van der Waals surface area (Å²) in [4.78, 5) is 13.2. The second-order valence-corrected chi connectivity index (χ2v) is 6.52. The van der Waals surface area contributed by atoms with Gasteiger partial charge in [0.05, 0.1) is 12.8 Å². The molecule has 0 aliphatic carbocycles. The predicted molar refractivity (Wildman–Crippen MR) is 97.3 cm³/mol. The van der Waals surface area contributed by atoms with Gasteiger partial charge in [0.25, 0.3) is 0 Å². The third kappa shape index (κ3) is 4.93. The van der Waals surface area contributed by atoms with Gasteiger partial charge in [-0.05, 0) is 55.3 Å². The smallest absolute Gasteiger partial charge is 0.225 e. The van der Waals surface area contributed by atoms with Crippen molar-refractivity contribution in [3.63, 3.8) is 0 Å². The zero-order chi connectivity index (χ0) is 16.8. The van der Waals surface area contributed by atoms with Gasteiger partial charge in [-0.1, -0.05) is 6.07 Å². The Bertz CT molecular complexity index is 701. The molecule has 0 aliphatic heterocycles. The van der Waals surface area contributed by atoms with E-state index in [1.807, 2.05) is 0 Å². The van der Waals surface area contributed by atoms with E-state index in [0.29, 0.717) is 23.5 Å². The molecule has 0 aromatic heterocycles. The molecule has 0 atom stereocenters. The van der Waals surface area contributed by atoms with Gasteiger partial charge in [0.2, 0.25) is 5.91 Å². The first-order chi connectivity index (χ1) is 11.0. The van der Waals surface area contributed by atoms with Crippen molar-refractivity contribution in [1.82, 2.24) is 0 Å². The molecule has 2 aromatic rings. The van der Waals surface area contributed by atoms with Gasteiger partial charge in [-0.2, -0.15) is 0 Å². The highest BCUT2D eigenvalue weighted by Crippen LogP contribution is 2.25. The first kappa shape index (κ1) is 17.2. The molecule has 0 saturated carbocycles. The molecule has 2 aromatic carbocycles. The lowest BCUT2D eigenvalue weighted by Crippen LogP contribution is -2.12. The number of hydrogen-bond donors (Lipinski definition) is 2. The summed E-state index contributed by atoms with van der Waals surface area (Å²) in [6, 6.07) is 11.6. The van der Waals surface area contributed by atoms with Crippen LogP contribution in [0.25, 0.3) is 0 Å². The molecule has 0 radical (unpaired) electrons. The average molecular weight is 330 g/mol. The van der Waals surface area contributed by atoms with E-state index in [0.717, 1.165) is 5.75 Å². The molecule has 1 amide bonds. The number of nitrogen functional groups attached to an aromatic ring is 1. The molecular formula is C18H22N2O2S. The number of nitrogens with two attached hydrogens (primary N) is 1. The Hall–Kier alpha value is -2.14. The number of hydrogen-bond acceptors (Lipinski definition) is 4. The normalized spacial score (nSPS) is 10.4. The quantitative estimate of drug-likeness (QED) is 0.620. The van der Waals surface area contributed by atoms with Crippen LogP contribution in [0, 0.1) is 13.8 Å². The van der Waals surface area contributed by atoms with E-state index >= 15 is 0 Å². The van der Waals surface area contributed by atoms with Gasteiger partial charge in [-0.15, -0.1) is 11.8 Å². The molecule has 0 heterocycles. The highest BCUT2D eigenvalue weighted by molar-refractivity contribution is 7.99. The molecule has 5 heteroatoms. The van der Waals surface area contributed by atoms with E-state index in [9.17, 15) is 4.79 Å². The van der Waals surface area contributed by atoms with Crippen LogP contribution in [0.3, 0.4) is 0 Å². The van der Waals surface area contributed by atoms with Crippen LogP contribution in [-0.2, 0) is 4.79 Å². The van der Waals surface area contributed by atoms with Crippen LogP contribution in [-0.4, -0.2) is 18.8 Å². The minimum atomic E-state index is -0.0223. The van der Waals surface area contributed by atoms with Crippen molar-refractivity contribution in [2.24, 2.45) is 0 Å². The van der Waals surface area contributed by atoms with E-state index in [1.54, 1.807) is 37.1 Å². The minimum absolute atomic E-state index is 0.0223. The maximum absolute atomic E-state index is 12.0. The Kier molecular flexibility index (Phi) is 5.93. The first-order valence-corrected chi connectivity index (χ1v) is 8.41. The molecule has 122 valence electrons. The average Bonchev–Trinajstić information content (AvgIpc) is 2.51. The van der Waals surface area contributed by atoms with Gasteiger partial charge in [0.1, 0.15) is 5.75 Å². The number of nitrogens with one attached hydrogen (secondary N) is 1. The van der Waals surface area contributed by atoms with Crippen LogP contribution in [0.2, 0.25) is 0 Å². The molecule has 0 unspecified atom stereocenters. The molecular weight excluding hydrogens is 308 g/mol. The highest BCUT2D eigenvalue weighted by atomic mass is 32.2. The monoisotopic (exact) mass is 330 g/mol. The van der Waals surface area contributed by atoms with Gasteiger partial charge in [0, 0.05) is 22.8 Å². The minimum Gasteiger partial charge on any atom is -0.495 e. The molecule has 0 aliphatic rings. The summed E-state index contributed by atoms with van der Waals surface area (Å²) in [5, 5.41) is 2.85. The second kappa shape index (κ2) is 7.92. The molecule has 4 nitrogen and oxygen atoms in total. The molecule has 0 spiro atoms. The summed E-state index contributed by atoms with van der Waals surface area (Å²) in [6.45, 7) is 4.19. The molecule has 0 fully saturated rings. The summed E-state index contributed by atoms with van der Waals surface area (Å²) in [6.07, 6.45) is 0.448. The fraction of sp³-hybridized carbons (Fsp3) is 0.278. The fourth-order valence-electron chi connectivity index (χ4n) is 2.10. The van der Waals surface area contributed by atoms with Crippen LogP contribution in [0.1, 0.15) is 17.5 Å². The van der Waals surface area contributed by atoms with Gasteiger partial charge in [-0.25, -0.2) is 0 Å². The summed E-state index contributed by atoms with van der Waals surface area (Å²) < 4.78 is 5.10. The molecule has 0 bridgehead atoms. The number of carbonyl (C=O) groups excluding carboxylic acids is 1. The Balaban J connectivity index is 1.83. The lowest BCUT2D eigenvalue weighted by atomic mass is 10.1. The topological polar surface area (TPSA) is 64.3 Å². The summed E-state index contributed by atoms with van der Waals surface area (Å²) >= 11 is 1.69. The number of rotatable bonds is 6. The van der Waals surface area contributed by atoms with Gasteiger partial charge in [-0.3, -0.25) is 4.79 Å². The predicted octanol–water partition coefficient (Wildman–Crippen LogP) is 4.02. The van der Waals surface area contributed by atoms with E-state index < -0.39 is 0 Å². The number of amides is 1. The van der Waals surface area contributed by atoms with Crippen molar-refractivity contribution in [2.75, 3.05) is 23.9 Å². The maximum Gasteiger partial charge on any atom is 0.225 e. The highest BCUT2D eigenvalue weighted by Gasteiger charge is 2.06. The van der Waals surface area contributed by atoms with Crippen molar-refractivity contribution in [2.45, 2.75) is 25.2 Å². The second-order valence-electron chi connectivity index (χ2n) is 5.35. The van der Waals surface area contributed by atoms with E-state index in [1.165, 1.54) is 16.0 Å². The molecule has 0 saturated heterocycles. The van der Waals surface area contributed by atoms with Crippen molar-refractivity contribution >= 4 is 29.0 Å². The van der Waals surface area contributed by atoms with E-state index in [-0.39, 0.29) is 5.91 Å². The molecule has 3 N–H and O–H groups in total. The molecule has 23 heavy (non-hydrogen) atoms. The third-order valence-electron chi connectivity index (χ3n) is 3.59. The number of benzene rings is 2. The lowest BCUT2D eigenvalue weighted by molar-refractivity contribution is -0.115. The van der Waals surface area contributed by atoms with Gasteiger partial charge >= 0.3 is 0 Å². The van der Waals surface area contributed by atoms with Crippen LogP contribution in [0.4, 0.5) is 11.4 Å².